The van der Waals surface area contributed by atoms with Crippen molar-refractivity contribution in [1.82, 2.24) is 4.90 Å². The summed E-state index contributed by atoms with van der Waals surface area (Å²) in [7, 11) is -3.54. The maximum absolute atomic E-state index is 12.9. The van der Waals surface area contributed by atoms with E-state index in [1.807, 2.05) is 18.7 Å². The van der Waals surface area contributed by atoms with Gasteiger partial charge in [0, 0.05) is 5.56 Å². The molecule has 1 heterocycles. The molecule has 1 aromatic rings. The van der Waals surface area contributed by atoms with Crippen LogP contribution in [-0.2, 0) is 26.7 Å². The molecule has 180 valence electrons. The van der Waals surface area contributed by atoms with Crippen molar-refractivity contribution in [1.29, 1.82) is 0 Å². The Hall–Kier alpha value is -1.77. The van der Waals surface area contributed by atoms with Gasteiger partial charge >= 0.3 is 12.4 Å². The molecule has 32 heavy (non-hydrogen) atoms. The van der Waals surface area contributed by atoms with Gasteiger partial charge in [0.15, 0.2) is 0 Å². The van der Waals surface area contributed by atoms with E-state index in [0.29, 0.717) is 25.2 Å². The fraction of sp³-hybridized carbons (Fsp3) is 0.619. The summed E-state index contributed by atoms with van der Waals surface area (Å²) in [4.78, 5) is 1.95. The molecule has 0 bridgehead atoms. The Balaban J connectivity index is 2.02. The predicted octanol–water partition coefficient (Wildman–Crippen LogP) is 4.79. The molecule has 0 atom stereocenters. The van der Waals surface area contributed by atoms with Gasteiger partial charge in [0.1, 0.15) is 0 Å². The van der Waals surface area contributed by atoms with Crippen LogP contribution in [-0.4, -0.2) is 45.8 Å². The Kier molecular flexibility index (Phi) is 7.95. The zero-order chi connectivity index (χ0) is 24.4. The largest absolute Gasteiger partial charge is 0.416 e. The van der Waals surface area contributed by atoms with Crippen LogP contribution in [0, 0.1) is 23.2 Å². The van der Waals surface area contributed by atoms with Crippen molar-refractivity contribution in [3.63, 3.8) is 0 Å². The summed E-state index contributed by atoms with van der Waals surface area (Å²) in [5.74, 6) is 5.28. The van der Waals surface area contributed by atoms with Crippen molar-refractivity contribution in [2.75, 3.05) is 32.5 Å². The molecule has 0 amide bonds. The Morgan fingerprint density at radius 2 is 1.50 bits per heavy atom. The molecule has 0 N–H and O–H groups in total. The minimum absolute atomic E-state index is 0.0629. The lowest BCUT2D eigenvalue weighted by Gasteiger charge is -2.39. The molecule has 0 aliphatic carbocycles. The van der Waals surface area contributed by atoms with Crippen molar-refractivity contribution >= 4 is 10.1 Å². The van der Waals surface area contributed by atoms with Gasteiger partial charge in [-0.1, -0.05) is 25.7 Å². The number of hydrogen-bond donors (Lipinski definition) is 0. The van der Waals surface area contributed by atoms with Gasteiger partial charge in [0.25, 0.3) is 10.1 Å². The molecule has 1 aromatic carbocycles. The third kappa shape index (κ3) is 7.98. The second kappa shape index (κ2) is 9.61. The quantitative estimate of drug-likeness (QED) is 0.342. The first-order valence-electron chi connectivity index (χ1n) is 9.82. The van der Waals surface area contributed by atoms with E-state index in [9.17, 15) is 34.8 Å². The molecule has 11 heteroatoms. The minimum Gasteiger partial charge on any atom is -0.292 e. The van der Waals surface area contributed by atoms with Crippen LogP contribution >= 0.6 is 0 Å². The van der Waals surface area contributed by atoms with Crippen molar-refractivity contribution in [2.45, 2.75) is 39.0 Å². The van der Waals surface area contributed by atoms with E-state index in [1.54, 1.807) is 0 Å². The van der Waals surface area contributed by atoms with E-state index >= 15 is 0 Å². The van der Waals surface area contributed by atoms with Gasteiger partial charge in [-0.15, -0.1) is 0 Å². The summed E-state index contributed by atoms with van der Waals surface area (Å²) in [6.45, 7) is 5.35. The van der Waals surface area contributed by atoms with Gasteiger partial charge in [-0.2, -0.15) is 34.8 Å². The molecule has 1 saturated heterocycles. The first-order chi connectivity index (χ1) is 14.5. The lowest BCUT2D eigenvalue weighted by molar-refractivity contribution is -0.143. The Morgan fingerprint density at radius 1 is 1.00 bits per heavy atom. The second-order valence-corrected chi connectivity index (χ2v) is 10.2. The smallest absolute Gasteiger partial charge is 0.292 e. The highest BCUT2D eigenvalue weighted by Gasteiger charge is 2.37. The molecular weight excluding hydrogens is 460 g/mol. The number of hydrogen-bond acceptors (Lipinski definition) is 4. The van der Waals surface area contributed by atoms with Crippen LogP contribution in [0.1, 0.15) is 43.4 Å². The topological polar surface area (TPSA) is 46.6 Å². The van der Waals surface area contributed by atoms with E-state index < -0.39 is 33.6 Å². The summed E-state index contributed by atoms with van der Waals surface area (Å²) in [5, 5.41) is 0. The zero-order valence-electron chi connectivity index (χ0n) is 17.9. The average molecular weight is 485 g/mol. The van der Waals surface area contributed by atoms with Gasteiger partial charge in [-0.05, 0) is 55.5 Å². The Bertz CT molecular complexity index is 934. The molecule has 0 radical (unpaired) electrons. The fourth-order valence-corrected chi connectivity index (χ4v) is 4.05. The molecular formula is C21H25F6NO3S. The molecule has 0 unspecified atom stereocenters. The van der Waals surface area contributed by atoms with Gasteiger partial charge in [0.2, 0.25) is 0 Å². The first-order valence-corrected chi connectivity index (χ1v) is 11.6. The van der Waals surface area contributed by atoms with Crippen LogP contribution in [0.25, 0.3) is 0 Å². The monoisotopic (exact) mass is 485 g/mol. The third-order valence-electron chi connectivity index (χ3n) is 5.46. The van der Waals surface area contributed by atoms with E-state index in [2.05, 4.69) is 11.8 Å². The fourth-order valence-electron chi connectivity index (χ4n) is 3.53. The summed E-state index contributed by atoms with van der Waals surface area (Å²) in [6.07, 6.45) is -7.35. The summed E-state index contributed by atoms with van der Waals surface area (Å²) < 4.78 is 105. The highest BCUT2D eigenvalue weighted by molar-refractivity contribution is 7.85. The van der Waals surface area contributed by atoms with Crippen LogP contribution < -0.4 is 0 Å². The lowest BCUT2D eigenvalue weighted by atomic mass is 9.74. The number of likely N-dealkylation sites (tertiary alicyclic amines) is 1. The van der Waals surface area contributed by atoms with E-state index in [0.717, 1.165) is 19.1 Å². The minimum atomic E-state index is -4.91. The van der Waals surface area contributed by atoms with Crippen LogP contribution in [0.15, 0.2) is 18.2 Å². The number of nitrogens with zero attached hydrogens (tertiary/aromatic N) is 1. The molecule has 0 saturated carbocycles. The maximum atomic E-state index is 12.9. The van der Waals surface area contributed by atoms with Gasteiger partial charge in [-0.25, -0.2) is 0 Å². The summed E-state index contributed by atoms with van der Waals surface area (Å²) in [6, 6.07) is 1.29. The average Bonchev–Trinajstić information content (AvgIpc) is 2.65. The second-order valence-electron chi connectivity index (χ2n) is 8.60. The molecule has 1 fully saturated rings. The highest BCUT2D eigenvalue weighted by Crippen LogP contribution is 2.37. The summed E-state index contributed by atoms with van der Waals surface area (Å²) >= 11 is 0. The van der Waals surface area contributed by atoms with Gasteiger partial charge in [0.05, 0.1) is 30.5 Å². The van der Waals surface area contributed by atoms with Crippen molar-refractivity contribution in [2.24, 2.45) is 11.3 Å². The molecule has 4 nitrogen and oxygen atoms in total. The third-order valence-corrected chi connectivity index (χ3v) is 6.01. The molecule has 2 rings (SSSR count). The lowest BCUT2D eigenvalue weighted by Crippen LogP contribution is -2.41. The Morgan fingerprint density at radius 3 is 1.94 bits per heavy atom. The Labute approximate surface area is 184 Å². The van der Waals surface area contributed by atoms with Crippen LogP contribution in [0.3, 0.4) is 0 Å². The number of halogens is 6. The number of alkyl halides is 6. The van der Waals surface area contributed by atoms with E-state index in [-0.39, 0.29) is 36.1 Å². The van der Waals surface area contributed by atoms with Crippen molar-refractivity contribution < 1.29 is 38.9 Å². The van der Waals surface area contributed by atoms with Crippen molar-refractivity contribution in [3.05, 3.63) is 34.9 Å². The number of benzene rings is 1. The maximum Gasteiger partial charge on any atom is 0.416 e. The number of piperidine rings is 1. The normalized spacial score (nSPS) is 17.2. The van der Waals surface area contributed by atoms with Crippen molar-refractivity contribution in [3.8, 4) is 11.8 Å². The van der Waals surface area contributed by atoms with Gasteiger partial charge < -0.3 is 0 Å². The molecule has 1 aliphatic heterocycles. The van der Waals surface area contributed by atoms with E-state index in [1.165, 1.54) is 0 Å². The SMILES string of the molecule is CC(C)(COS(C)(=O)=O)C1CCN(CC#Cc2cc(C(F)(F)F)cc(C(F)(F)F)c2)CC1. The first kappa shape index (κ1) is 26.5. The molecule has 0 aromatic heterocycles. The highest BCUT2D eigenvalue weighted by atomic mass is 32.2. The standard InChI is InChI=1S/C21H25F6NO3S/c1-19(2,14-31-32(3,29)30)16-6-9-28(10-7-16)8-4-5-15-11-17(20(22,23)24)13-18(12-15)21(25,26)27/h11-13,16H,6-10,14H2,1-3H3. The molecule has 0 spiro atoms. The molecule has 1 aliphatic rings. The van der Waals surface area contributed by atoms with Crippen LogP contribution in [0.4, 0.5) is 26.3 Å². The van der Waals surface area contributed by atoms with E-state index in [4.69, 9.17) is 4.18 Å². The zero-order valence-corrected chi connectivity index (χ0v) is 18.7. The van der Waals surface area contributed by atoms with Crippen LogP contribution in [0.2, 0.25) is 0 Å². The summed E-state index contributed by atoms with van der Waals surface area (Å²) in [5.41, 5.74) is -3.50. The number of rotatable bonds is 5. The van der Waals surface area contributed by atoms with Crippen LogP contribution in [0.5, 0.6) is 0 Å². The predicted molar refractivity (Wildman–Crippen MR) is 107 cm³/mol. The van der Waals surface area contributed by atoms with Gasteiger partial charge in [-0.3, -0.25) is 9.08 Å².